The zero-order valence-electron chi connectivity index (χ0n) is 27.3. The van der Waals surface area contributed by atoms with E-state index >= 15 is 4.39 Å². The highest BCUT2D eigenvalue weighted by molar-refractivity contribution is 6.35. The van der Waals surface area contributed by atoms with Gasteiger partial charge in [-0.05, 0) is 101 Å². The van der Waals surface area contributed by atoms with E-state index in [0.717, 1.165) is 49.4 Å². The maximum atomic E-state index is 17.0. The monoisotopic (exact) mass is 661 g/mol. The standard InChI is InChI=1S/C36H41ClFN5O4/c1-36(2,3)47-35(45)43-19-22-10-7-11-23(43)18-42(22)33-28-17-29(37)30(27-16-25(44)15-21-9-5-6-13-26(21)27)31(38)32(28)39-34(40-33)46-20-24-12-8-14-41(24)4/h5-6,9,13,15-17,22-24,44H,7-8,10-12,14,18-20H2,1-4H3/t22?,23?,24-/m0/s1. The molecule has 4 fully saturated rings. The van der Waals surface area contributed by atoms with E-state index in [9.17, 15) is 9.90 Å². The lowest BCUT2D eigenvalue weighted by Crippen LogP contribution is -2.59. The van der Waals surface area contributed by atoms with Crippen LogP contribution in [0.1, 0.15) is 52.9 Å². The van der Waals surface area contributed by atoms with Crippen molar-refractivity contribution >= 4 is 45.2 Å². The molecule has 11 heteroatoms. The highest BCUT2D eigenvalue weighted by Crippen LogP contribution is 2.44. The molecule has 4 aliphatic rings. The van der Waals surface area contributed by atoms with Crippen LogP contribution in [0, 0.1) is 5.82 Å². The Labute approximate surface area is 279 Å². The van der Waals surface area contributed by atoms with Crippen LogP contribution in [0.25, 0.3) is 32.8 Å². The average Bonchev–Trinajstić information content (AvgIpc) is 3.19. The number of hydrogen-bond donors (Lipinski definition) is 1. The van der Waals surface area contributed by atoms with Gasteiger partial charge in [-0.3, -0.25) is 0 Å². The lowest BCUT2D eigenvalue weighted by Gasteiger charge is -2.44. The van der Waals surface area contributed by atoms with Gasteiger partial charge >= 0.3 is 12.1 Å². The Kier molecular flexibility index (Phi) is 8.29. The number of piperazine rings is 1. The molecule has 1 N–H and O–H groups in total. The number of halogens is 2. The van der Waals surface area contributed by atoms with Gasteiger partial charge in [0.15, 0.2) is 5.82 Å². The molecule has 4 aliphatic heterocycles. The Morgan fingerprint density at radius 1 is 1.04 bits per heavy atom. The number of carbonyl (C=O) groups excluding carboxylic acids is 1. The van der Waals surface area contributed by atoms with Crippen LogP contribution in [-0.4, -0.2) is 88.0 Å². The Morgan fingerprint density at radius 3 is 2.60 bits per heavy atom. The SMILES string of the molecule is CN1CCC[C@H]1COc1nc(N2CC3CCCC2CN3C(=O)OC(C)(C)C)c2cc(Cl)c(-c3cc(O)cc4ccccc34)c(F)c2n1. The van der Waals surface area contributed by atoms with Crippen LogP contribution in [0.4, 0.5) is 15.0 Å². The number of likely N-dealkylation sites (N-methyl/N-ethyl adjacent to an activating group) is 1. The van der Waals surface area contributed by atoms with E-state index in [2.05, 4.69) is 21.8 Å². The average molecular weight is 662 g/mol. The van der Waals surface area contributed by atoms with Crippen LogP contribution >= 0.6 is 11.6 Å². The summed E-state index contributed by atoms with van der Waals surface area (Å²) in [6, 6.07) is 12.6. The molecule has 3 atom stereocenters. The first-order valence-electron chi connectivity index (χ1n) is 16.5. The summed E-state index contributed by atoms with van der Waals surface area (Å²) in [5, 5.41) is 12.8. The summed E-state index contributed by atoms with van der Waals surface area (Å²) in [6.07, 6.45) is 4.39. The number of aromatic hydroxyl groups is 1. The second-order valence-electron chi connectivity index (χ2n) is 14.1. The molecule has 2 unspecified atom stereocenters. The van der Waals surface area contributed by atoms with Crippen molar-refractivity contribution in [3.05, 3.63) is 53.3 Å². The topological polar surface area (TPSA) is 91.3 Å². The molecule has 3 aromatic carbocycles. The zero-order chi connectivity index (χ0) is 33.0. The van der Waals surface area contributed by atoms with Gasteiger partial charge in [-0.2, -0.15) is 9.97 Å². The number of aromatic nitrogens is 2. The summed E-state index contributed by atoms with van der Waals surface area (Å²) >= 11 is 6.95. The van der Waals surface area contributed by atoms with E-state index in [1.165, 1.54) is 6.07 Å². The Balaban J connectivity index is 1.34. The molecule has 0 radical (unpaired) electrons. The van der Waals surface area contributed by atoms with Crippen LogP contribution in [0.15, 0.2) is 42.5 Å². The highest BCUT2D eigenvalue weighted by atomic mass is 35.5. The van der Waals surface area contributed by atoms with Gasteiger partial charge in [-0.1, -0.05) is 35.9 Å². The molecular weight excluding hydrogens is 621 g/mol. The van der Waals surface area contributed by atoms with Crippen molar-refractivity contribution in [2.24, 2.45) is 0 Å². The number of carbonyl (C=O) groups is 1. The third-order valence-corrected chi connectivity index (χ3v) is 10.0. The van der Waals surface area contributed by atoms with Crippen molar-refractivity contribution in [2.75, 3.05) is 38.2 Å². The molecule has 8 rings (SSSR count). The predicted octanol–water partition coefficient (Wildman–Crippen LogP) is 7.40. The largest absolute Gasteiger partial charge is 0.508 e. The molecule has 1 amide bonds. The number of phenols is 1. The first kappa shape index (κ1) is 31.7. The molecule has 5 heterocycles. The summed E-state index contributed by atoms with van der Waals surface area (Å²) in [6.45, 7) is 7.99. The first-order chi connectivity index (χ1) is 22.5. The molecule has 1 aromatic heterocycles. The number of phenolic OH excluding ortho intramolecular Hbond substituents is 1. The summed E-state index contributed by atoms with van der Waals surface area (Å²) in [5.74, 6) is -0.0544. The number of ether oxygens (including phenoxy) is 2. The van der Waals surface area contributed by atoms with Gasteiger partial charge in [0.05, 0.1) is 11.1 Å². The van der Waals surface area contributed by atoms with Crippen LogP contribution in [-0.2, 0) is 4.74 Å². The number of benzene rings is 3. The maximum absolute atomic E-state index is 17.0. The fraction of sp³-hybridized carbons (Fsp3) is 0.472. The third kappa shape index (κ3) is 6.13. The second kappa shape index (κ2) is 12.3. The summed E-state index contributed by atoms with van der Waals surface area (Å²) in [7, 11) is 2.08. The van der Waals surface area contributed by atoms with Crippen molar-refractivity contribution in [3.8, 4) is 22.9 Å². The fourth-order valence-electron chi connectivity index (χ4n) is 7.39. The minimum atomic E-state index is -0.606. The highest BCUT2D eigenvalue weighted by Gasteiger charge is 2.42. The Morgan fingerprint density at radius 2 is 1.83 bits per heavy atom. The minimum absolute atomic E-state index is 0.0116. The van der Waals surface area contributed by atoms with Gasteiger partial charge in [0.1, 0.15) is 29.3 Å². The number of likely N-dealkylation sites (tertiary alicyclic amines) is 1. The maximum Gasteiger partial charge on any atom is 0.410 e. The lowest BCUT2D eigenvalue weighted by atomic mass is 9.96. The number of fused-ring (bicyclic) bond motifs is 6. The van der Waals surface area contributed by atoms with Crippen molar-refractivity contribution < 1.29 is 23.8 Å². The Hall–Kier alpha value is -3.89. The molecule has 4 saturated heterocycles. The van der Waals surface area contributed by atoms with Gasteiger partial charge in [-0.15, -0.1) is 0 Å². The second-order valence-corrected chi connectivity index (χ2v) is 14.5. The predicted molar refractivity (Wildman–Crippen MR) is 182 cm³/mol. The molecule has 248 valence electrons. The van der Waals surface area contributed by atoms with E-state index in [0.29, 0.717) is 36.5 Å². The summed E-state index contributed by atoms with van der Waals surface area (Å²) in [4.78, 5) is 29.1. The molecule has 9 nitrogen and oxygen atoms in total. The minimum Gasteiger partial charge on any atom is -0.508 e. The molecule has 2 bridgehead atoms. The van der Waals surface area contributed by atoms with E-state index in [4.69, 9.17) is 26.1 Å². The van der Waals surface area contributed by atoms with Crippen LogP contribution in [0.3, 0.4) is 0 Å². The van der Waals surface area contributed by atoms with Crippen molar-refractivity contribution in [1.82, 2.24) is 19.8 Å². The van der Waals surface area contributed by atoms with Crippen LogP contribution in [0.5, 0.6) is 11.8 Å². The van der Waals surface area contributed by atoms with E-state index in [1.807, 2.05) is 49.9 Å². The number of amides is 1. The van der Waals surface area contributed by atoms with Crippen LogP contribution < -0.4 is 9.64 Å². The molecular formula is C36H41ClFN5O4. The van der Waals surface area contributed by atoms with Crippen LogP contribution in [0.2, 0.25) is 5.02 Å². The quantitative estimate of drug-likeness (QED) is 0.237. The van der Waals surface area contributed by atoms with Gasteiger partial charge < -0.3 is 29.3 Å². The molecule has 47 heavy (non-hydrogen) atoms. The molecule has 0 spiro atoms. The molecule has 0 saturated carbocycles. The number of hydrogen-bond acceptors (Lipinski definition) is 8. The number of rotatable bonds is 5. The third-order valence-electron chi connectivity index (χ3n) is 9.71. The summed E-state index contributed by atoms with van der Waals surface area (Å²) < 4.78 is 29.0. The zero-order valence-corrected chi connectivity index (χ0v) is 28.1. The van der Waals surface area contributed by atoms with E-state index in [1.54, 1.807) is 12.1 Å². The van der Waals surface area contributed by atoms with Gasteiger partial charge in [0.2, 0.25) is 0 Å². The van der Waals surface area contributed by atoms with Crippen molar-refractivity contribution in [3.63, 3.8) is 0 Å². The normalized spacial score (nSPS) is 21.9. The Bertz CT molecular complexity index is 1850. The summed E-state index contributed by atoms with van der Waals surface area (Å²) in [5.41, 5.74) is 0.131. The number of anilines is 1. The lowest BCUT2D eigenvalue weighted by molar-refractivity contribution is 0.0123. The smallest absolute Gasteiger partial charge is 0.410 e. The molecule has 0 aliphatic carbocycles. The fourth-order valence-corrected chi connectivity index (χ4v) is 7.68. The van der Waals surface area contributed by atoms with E-state index < -0.39 is 11.4 Å². The van der Waals surface area contributed by atoms with Crippen molar-refractivity contribution in [1.29, 1.82) is 0 Å². The van der Waals surface area contributed by atoms with E-state index in [-0.39, 0.29) is 52.1 Å². The van der Waals surface area contributed by atoms with Crippen molar-refractivity contribution in [2.45, 2.75) is 76.6 Å². The number of nitrogens with zero attached hydrogens (tertiary/aromatic N) is 5. The first-order valence-corrected chi connectivity index (χ1v) is 16.9. The van der Waals surface area contributed by atoms with Gasteiger partial charge in [0.25, 0.3) is 0 Å². The molecule has 4 aromatic rings. The van der Waals surface area contributed by atoms with Gasteiger partial charge in [-0.25, -0.2) is 9.18 Å². The van der Waals surface area contributed by atoms with Gasteiger partial charge in [0, 0.05) is 36.1 Å².